The Kier molecular flexibility index (Phi) is 2.91. The first kappa shape index (κ1) is 9.75. The van der Waals surface area contributed by atoms with Crippen LogP contribution >= 0.6 is 0 Å². The van der Waals surface area contributed by atoms with E-state index >= 15 is 0 Å². The van der Waals surface area contributed by atoms with Gasteiger partial charge in [0.15, 0.2) is 0 Å². The monoisotopic (exact) mass is 170 g/mol. The number of aliphatic hydroxyl groups excluding tert-OH is 1. The number of allylic oxidation sites excluding steroid dienone is 2. The van der Waals surface area contributed by atoms with E-state index in [-0.39, 0.29) is 12.5 Å². The van der Waals surface area contributed by atoms with Gasteiger partial charge < -0.3 is 10.2 Å². The minimum Gasteiger partial charge on any atom is -0.393 e. The number of hydrogen-bond acceptors (Lipinski definition) is 2. The molecule has 12 heavy (non-hydrogen) atoms. The van der Waals surface area contributed by atoms with E-state index in [9.17, 15) is 5.11 Å². The minimum atomic E-state index is -0.892. The normalized spacial score (nSPS) is 29.3. The average molecular weight is 170 g/mol. The molecule has 0 aromatic heterocycles. The summed E-state index contributed by atoms with van der Waals surface area (Å²) in [6.07, 6.45) is 5.12. The maximum atomic E-state index is 9.75. The summed E-state index contributed by atoms with van der Waals surface area (Å²) in [5, 5.41) is 18.7. The summed E-state index contributed by atoms with van der Waals surface area (Å²) in [4.78, 5) is 0. The highest BCUT2D eigenvalue weighted by atomic mass is 16.3. The van der Waals surface area contributed by atoms with Gasteiger partial charge >= 0.3 is 0 Å². The second-order valence-corrected chi connectivity index (χ2v) is 4.04. The molecule has 2 nitrogen and oxygen atoms in total. The fraction of sp³-hybridized carbons (Fsp3) is 0.800. The van der Waals surface area contributed by atoms with Crippen molar-refractivity contribution in [2.45, 2.75) is 38.7 Å². The Hall–Kier alpha value is -0.340. The predicted molar refractivity (Wildman–Crippen MR) is 48.8 cm³/mol. The Morgan fingerprint density at radius 1 is 1.67 bits per heavy atom. The Labute approximate surface area is 73.9 Å². The maximum absolute atomic E-state index is 9.75. The molecule has 0 radical (unpaired) electrons. The van der Waals surface area contributed by atoms with E-state index in [0.29, 0.717) is 0 Å². The largest absolute Gasteiger partial charge is 0.393 e. The lowest BCUT2D eigenvalue weighted by Crippen LogP contribution is -2.39. The van der Waals surface area contributed by atoms with Gasteiger partial charge in [0.1, 0.15) is 0 Å². The van der Waals surface area contributed by atoms with Crippen LogP contribution in [0.5, 0.6) is 0 Å². The van der Waals surface area contributed by atoms with E-state index in [4.69, 9.17) is 5.11 Å². The molecule has 0 aromatic carbocycles. The van der Waals surface area contributed by atoms with Crippen LogP contribution in [-0.2, 0) is 0 Å². The molecule has 2 N–H and O–H groups in total. The first-order valence-electron chi connectivity index (χ1n) is 4.55. The highest BCUT2D eigenvalue weighted by molar-refractivity contribution is 5.05. The summed E-state index contributed by atoms with van der Waals surface area (Å²) in [6.45, 7) is 3.70. The van der Waals surface area contributed by atoms with Crippen molar-refractivity contribution in [1.29, 1.82) is 0 Å². The minimum absolute atomic E-state index is 0.134. The molecule has 70 valence electrons. The zero-order valence-electron chi connectivity index (χ0n) is 7.88. The van der Waals surface area contributed by atoms with Crippen molar-refractivity contribution in [2.24, 2.45) is 5.92 Å². The SMILES string of the molecule is CC1=CC[C@H]([C@@](C)(O)CO)CC1. The van der Waals surface area contributed by atoms with Crippen molar-refractivity contribution >= 4 is 0 Å². The third kappa shape index (κ3) is 2.08. The van der Waals surface area contributed by atoms with Crippen LogP contribution in [0.25, 0.3) is 0 Å². The first-order valence-corrected chi connectivity index (χ1v) is 4.55. The molecule has 2 heteroatoms. The Morgan fingerprint density at radius 3 is 2.75 bits per heavy atom. The molecule has 1 aliphatic rings. The highest BCUT2D eigenvalue weighted by Crippen LogP contribution is 2.31. The van der Waals surface area contributed by atoms with E-state index < -0.39 is 5.60 Å². The van der Waals surface area contributed by atoms with E-state index in [1.165, 1.54) is 5.57 Å². The van der Waals surface area contributed by atoms with Gasteiger partial charge in [-0.1, -0.05) is 11.6 Å². The van der Waals surface area contributed by atoms with Crippen LogP contribution in [0, 0.1) is 5.92 Å². The molecule has 1 aliphatic carbocycles. The van der Waals surface area contributed by atoms with Crippen molar-refractivity contribution in [3.8, 4) is 0 Å². The number of aliphatic hydroxyl groups is 2. The van der Waals surface area contributed by atoms with Crippen LogP contribution in [0.1, 0.15) is 33.1 Å². The zero-order chi connectivity index (χ0) is 9.19. The number of rotatable bonds is 2. The van der Waals surface area contributed by atoms with Crippen LogP contribution < -0.4 is 0 Å². The third-order valence-corrected chi connectivity index (χ3v) is 2.84. The quantitative estimate of drug-likeness (QED) is 0.616. The average Bonchev–Trinajstić information content (AvgIpc) is 2.05. The molecule has 0 spiro atoms. The van der Waals surface area contributed by atoms with Crippen LogP contribution in [-0.4, -0.2) is 22.4 Å². The van der Waals surface area contributed by atoms with Crippen molar-refractivity contribution in [1.82, 2.24) is 0 Å². The summed E-state index contributed by atoms with van der Waals surface area (Å²) >= 11 is 0. The van der Waals surface area contributed by atoms with E-state index in [1.54, 1.807) is 6.92 Å². The molecule has 2 atom stereocenters. The molecule has 1 rings (SSSR count). The van der Waals surface area contributed by atoms with Crippen LogP contribution in [0.4, 0.5) is 0 Å². The number of hydrogen-bond donors (Lipinski definition) is 2. The highest BCUT2D eigenvalue weighted by Gasteiger charge is 2.31. The van der Waals surface area contributed by atoms with Gasteiger partial charge in [0.25, 0.3) is 0 Å². The Balaban J connectivity index is 2.56. The van der Waals surface area contributed by atoms with E-state index in [1.807, 2.05) is 0 Å². The topological polar surface area (TPSA) is 40.5 Å². The van der Waals surface area contributed by atoms with Crippen LogP contribution in [0.15, 0.2) is 11.6 Å². The Bertz CT molecular complexity index is 182. The van der Waals surface area contributed by atoms with Crippen molar-refractivity contribution in [3.63, 3.8) is 0 Å². The van der Waals surface area contributed by atoms with Gasteiger partial charge in [-0.3, -0.25) is 0 Å². The standard InChI is InChI=1S/C10H18O2/c1-8-3-5-9(6-4-8)10(2,12)7-11/h3,9,11-12H,4-7H2,1-2H3/t9-,10-/m0/s1. The molecule has 0 saturated carbocycles. The molecular formula is C10H18O2. The predicted octanol–water partition coefficient (Wildman–Crippen LogP) is 1.48. The summed E-state index contributed by atoms with van der Waals surface area (Å²) < 4.78 is 0. The molecule has 0 heterocycles. The lowest BCUT2D eigenvalue weighted by atomic mass is 9.79. The van der Waals surface area contributed by atoms with Gasteiger partial charge in [0, 0.05) is 0 Å². The van der Waals surface area contributed by atoms with Gasteiger partial charge in [0.2, 0.25) is 0 Å². The fourth-order valence-electron chi connectivity index (χ4n) is 1.66. The van der Waals surface area contributed by atoms with Crippen molar-refractivity contribution in [3.05, 3.63) is 11.6 Å². The zero-order valence-corrected chi connectivity index (χ0v) is 7.88. The molecule has 0 fully saturated rings. The molecular weight excluding hydrogens is 152 g/mol. The van der Waals surface area contributed by atoms with Crippen molar-refractivity contribution < 1.29 is 10.2 Å². The van der Waals surface area contributed by atoms with Gasteiger partial charge in [-0.15, -0.1) is 0 Å². The fourth-order valence-corrected chi connectivity index (χ4v) is 1.66. The van der Waals surface area contributed by atoms with Gasteiger partial charge in [0.05, 0.1) is 12.2 Å². The summed E-state index contributed by atoms with van der Waals surface area (Å²) in [5.74, 6) is 0.228. The molecule has 0 unspecified atom stereocenters. The summed E-state index contributed by atoms with van der Waals surface area (Å²) in [7, 11) is 0. The molecule has 0 saturated heterocycles. The van der Waals surface area contributed by atoms with Crippen LogP contribution in [0.3, 0.4) is 0 Å². The summed E-state index contributed by atoms with van der Waals surface area (Å²) in [6, 6.07) is 0. The molecule has 0 amide bonds. The first-order chi connectivity index (χ1) is 5.56. The molecule has 0 aliphatic heterocycles. The summed E-state index contributed by atoms with van der Waals surface area (Å²) in [5.41, 5.74) is 0.511. The lowest BCUT2D eigenvalue weighted by Gasteiger charge is -2.33. The Morgan fingerprint density at radius 2 is 2.33 bits per heavy atom. The second-order valence-electron chi connectivity index (χ2n) is 4.04. The van der Waals surface area contributed by atoms with Gasteiger partial charge in [-0.05, 0) is 39.0 Å². The van der Waals surface area contributed by atoms with Gasteiger partial charge in [-0.2, -0.15) is 0 Å². The smallest absolute Gasteiger partial charge is 0.0880 e. The maximum Gasteiger partial charge on any atom is 0.0880 e. The van der Waals surface area contributed by atoms with Gasteiger partial charge in [-0.25, -0.2) is 0 Å². The molecule has 0 bridgehead atoms. The lowest BCUT2D eigenvalue weighted by molar-refractivity contribution is -0.0496. The van der Waals surface area contributed by atoms with Crippen LogP contribution in [0.2, 0.25) is 0 Å². The third-order valence-electron chi connectivity index (χ3n) is 2.84. The second kappa shape index (κ2) is 3.58. The van der Waals surface area contributed by atoms with Crippen molar-refractivity contribution in [2.75, 3.05) is 6.61 Å². The van der Waals surface area contributed by atoms with E-state index in [0.717, 1.165) is 19.3 Å². The molecule has 0 aromatic rings. The van der Waals surface area contributed by atoms with E-state index in [2.05, 4.69) is 13.0 Å².